The van der Waals surface area contributed by atoms with Crippen molar-refractivity contribution in [2.24, 2.45) is 0 Å². The highest BCUT2D eigenvalue weighted by Crippen LogP contribution is 2.25. The Kier molecular flexibility index (Phi) is 6.99. The first-order valence-electron chi connectivity index (χ1n) is 9.10. The number of carbonyl (C=O) groups is 2. The van der Waals surface area contributed by atoms with Crippen LogP contribution in [0.1, 0.15) is 38.3 Å². The molecule has 0 atom stereocenters. The van der Waals surface area contributed by atoms with Gasteiger partial charge in [-0.2, -0.15) is 0 Å². The minimum atomic E-state index is -0.799. The van der Waals surface area contributed by atoms with Crippen LogP contribution < -0.4 is 5.32 Å². The Labute approximate surface area is 160 Å². The Morgan fingerprint density at radius 2 is 1.78 bits per heavy atom. The van der Waals surface area contributed by atoms with Crippen LogP contribution in [0.3, 0.4) is 0 Å². The molecule has 0 saturated heterocycles. The van der Waals surface area contributed by atoms with Gasteiger partial charge in [0.05, 0.1) is 0 Å². The Morgan fingerprint density at radius 1 is 1.04 bits per heavy atom. The van der Waals surface area contributed by atoms with E-state index in [1.807, 2.05) is 63.2 Å². The van der Waals surface area contributed by atoms with Crippen LogP contribution in [0.2, 0.25) is 0 Å². The molecule has 0 bridgehead atoms. The summed E-state index contributed by atoms with van der Waals surface area (Å²) in [6.45, 7) is 5.98. The van der Waals surface area contributed by atoms with E-state index in [1.54, 1.807) is 0 Å². The molecule has 0 fully saturated rings. The number of carbonyl (C=O) groups excluding carboxylic acids is 1. The van der Waals surface area contributed by atoms with Gasteiger partial charge in [-0.3, -0.25) is 4.79 Å². The molecule has 5 heteroatoms. The minimum absolute atomic E-state index is 0.108. The average Bonchev–Trinajstić information content (AvgIpc) is 2.59. The van der Waals surface area contributed by atoms with Gasteiger partial charge in [0.1, 0.15) is 5.60 Å². The lowest BCUT2D eigenvalue weighted by Gasteiger charge is -2.19. The molecule has 0 aliphatic carbocycles. The zero-order valence-electron chi connectivity index (χ0n) is 16.1. The van der Waals surface area contributed by atoms with E-state index < -0.39 is 17.7 Å². The van der Waals surface area contributed by atoms with Crippen LogP contribution in [-0.2, 0) is 22.4 Å². The van der Waals surface area contributed by atoms with Crippen molar-refractivity contribution in [1.82, 2.24) is 5.32 Å². The smallest absolute Gasteiger partial charge is 0.407 e. The fourth-order valence-electron chi connectivity index (χ4n) is 2.78. The van der Waals surface area contributed by atoms with Gasteiger partial charge in [0.25, 0.3) is 0 Å². The summed E-state index contributed by atoms with van der Waals surface area (Å²) in [5.41, 5.74) is 3.69. The second-order valence-corrected chi connectivity index (χ2v) is 7.43. The van der Waals surface area contributed by atoms with Crippen LogP contribution in [-0.4, -0.2) is 29.3 Å². The maximum Gasteiger partial charge on any atom is 0.407 e. The highest BCUT2D eigenvalue weighted by molar-refractivity contribution is 5.71. The molecule has 2 aromatic rings. The number of carboxylic acid groups (broad SMARTS) is 1. The first-order valence-corrected chi connectivity index (χ1v) is 9.10. The van der Waals surface area contributed by atoms with E-state index in [1.165, 1.54) is 0 Å². The molecule has 0 unspecified atom stereocenters. The maximum atomic E-state index is 11.7. The molecule has 0 heterocycles. The number of hydrogen-bond donors (Lipinski definition) is 2. The molecule has 0 radical (unpaired) electrons. The fraction of sp³-hybridized carbons (Fsp3) is 0.364. The molecule has 27 heavy (non-hydrogen) atoms. The van der Waals surface area contributed by atoms with Crippen LogP contribution in [0, 0.1) is 0 Å². The normalized spacial score (nSPS) is 11.1. The van der Waals surface area contributed by atoms with Gasteiger partial charge in [-0.1, -0.05) is 48.5 Å². The van der Waals surface area contributed by atoms with Crippen LogP contribution in [0.5, 0.6) is 0 Å². The molecule has 2 aromatic carbocycles. The first kappa shape index (κ1) is 20.5. The number of rotatable bonds is 7. The van der Waals surface area contributed by atoms with E-state index in [-0.39, 0.29) is 6.42 Å². The van der Waals surface area contributed by atoms with Crippen LogP contribution in [0.25, 0.3) is 11.1 Å². The molecule has 2 N–H and O–H groups in total. The van der Waals surface area contributed by atoms with Gasteiger partial charge in [-0.05, 0) is 55.9 Å². The third-order valence-corrected chi connectivity index (χ3v) is 3.95. The zero-order chi connectivity index (χ0) is 19.9. The van der Waals surface area contributed by atoms with E-state index >= 15 is 0 Å². The largest absolute Gasteiger partial charge is 0.481 e. The van der Waals surface area contributed by atoms with Gasteiger partial charge in [-0.15, -0.1) is 0 Å². The standard InChI is InChI=1S/C22H27NO4/c1-22(2,3)27-21(26)23-14-13-16-7-6-9-18(15-16)19-10-5-4-8-17(19)11-12-20(24)25/h4-10,15H,11-14H2,1-3H3,(H,23,26)(H,24,25). The SMILES string of the molecule is CC(C)(C)OC(=O)NCCc1cccc(-c2ccccc2CCC(=O)O)c1. The quantitative estimate of drug-likeness (QED) is 0.757. The van der Waals surface area contributed by atoms with Gasteiger partial charge in [0, 0.05) is 13.0 Å². The number of aryl methyl sites for hydroxylation is 1. The summed E-state index contributed by atoms with van der Waals surface area (Å²) in [4.78, 5) is 22.6. The monoisotopic (exact) mass is 369 g/mol. The third-order valence-electron chi connectivity index (χ3n) is 3.95. The van der Waals surface area contributed by atoms with Crippen molar-refractivity contribution in [3.05, 3.63) is 59.7 Å². The first-order chi connectivity index (χ1) is 12.7. The highest BCUT2D eigenvalue weighted by atomic mass is 16.6. The van der Waals surface area contributed by atoms with Crippen LogP contribution in [0.4, 0.5) is 4.79 Å². The molecule has 5 nitrogen and oxygen atoms in total. The van der Waals surface area contributed by atoms with E-state index in [0.29, 0.717) is 19.4 Å². The third kappa shape index (κ3) is 7.13. The second kappa shape index (κ2) is 9.21. The Bertz CT molecular complexity index is 793. The Balaban J connectivity index is 2.03. The molecule has 144 valence electrons. The minimum Gasteiger partial charge on any atom is -0.481 e. The van der Waals surface area contributed by atoms with Gasteiger partial charge >= 0.3 is 12.1 Å². The molecule has 0 spiro atoms. The number of aliphatic carboxylic acids is 1. The summed E-state index contributed by atoms with van der Waals surface area (Å²) in [5, 5.41) is 11.7. The number of benzene rings is 2. The Hall–Kier alpha value is -2.82. The summed E-state index contributed by atoms with van der Waals surface area (Å²) < 4.78 is 5.23. The van der Waals surface area contributed by atoms with Crippen molar-refractivity contribution in [2.45, 2.75) is 45.6 Å². The highest BCUT2D eigenvalue weighted by Gasteiger charge is 2.15. The molecule has 0 aliphatic rings. The molecular formula is C22H27NO4. The van der Waals surface area contributed by atoms with Gasteiger partial charge in [-0.25, -0.2) is 4.79 Å². The number of carboxylic acids is 1. The Morgan fingerprint density at radius 3 is 2.48 bits per heavy atom. The topological polar surface area (TPSA) is 75.6 Å². The molecular weight excluding hydrogens is 342 g/mol. The summed E-state index contributed by atoms with van der Waals surface area (Å²) >= 11 is 0. The lowest BCUT2D eigenvalue weighted by molar-refractivity contribution is -0.136. The maximum absolute atomic E-state index is 11.7. The van der Waals surface area contributed by atoms with E-state index in [2.05, 4.69) is 11.4 Å². The molecule has 0 aromatic heterocycles. The predicted molar refractivity (Wildman–Crippen MR) is 106 cm³/mol. The molecule has 0 saturated carbocycles. The molecule has 1 amide bonds. The van der Waals surface area contributed by atoms with Crippen LogP contribution >= 0.6 is 0 Å². The fourth-order valence-corrected chi connectivity index (χ4v) is 2.78. The lowest BCUT2D eigenvalue weighted by Crippen LogP contribution is -2.33. The van der Waals surface area contributed by atoms with E-state index in [9.17, 15) is 9.59 Å². The van der Waals surface area contributed by atoms with Crippen molar-refractivity contribution < 1.29 is 19.4 Å². The summed E-state index contributed by atoms with van der Waals surface area (Å²) in [5.74, 6) is -0.799. The predicted octanol–water partition coefficient (Wildman–Crippen LogP) is 4.44. The van der Waals surface area contributed by atoms with Gasteiger partial charge < -0.3 is 15.2 Å². The zero-order valence-corrected chi connectivity index (χ0v) is 16.1. The van der Waals surface area contributed by atoms with Gasteiger partial charge in [0.2, 0.25) is 0 Å². The lowest BCUT2D eigenvalue weighted by atomic mass is 9.95. The summed E-state index contributed by atoms with van der Waals surface area (Å²) in [6.07, 6.45) is 0.870. The number of amides is 1. The molecule has 2 rings (SSSR count). The van der Waals surface area contributed by atoms with Crippen molar-refractivity contribution in [1.29, 1.82) is 0 Å². The van der Waals surface area contributed by atoms with Crippen molar-refractivity contribution in [3.8, 4) is 11.1 Å². The van der Waals surface area contributed by atoms with Crippen molar-refractivity contribution >= 4 is 12.1 Å². The van der Waals surface area contributed by atoms with Crippen molar-refractivity contribution in [3.63, 3.8) is 0 Å². The number of hydrogen-bond acceptors (Lipinski definition) is 3. The van der Waals surface area contributed by atoms with Crippen molar-refractivity contribution in [2.75, 3.05) is 6.54 Å². The number of alkyl carbamates (subject to hydrolysis) is 1. The van der Waals surface area contributed by atoms with E-state index in [4.69, 9.17) is 9.84 Å². The van der Waals surface area contributed by atoms with Gasteiger partial charge in [0.15, 0.2) is 0 Å². The second-order valence-electron chi connectivity index (χ2n) is 7.43. The number of ether oxygens (including phenoxy) is 1. The molecule has 0 aliphatic heterocycles. The van der Waals surface area contributed by atoms with Crippen LogP contribution in [0.15, 0.2) is 48.5 Å². The number of nitrogens with one attached hydrogen (secondary N) is 1. The average molecular weight is 369 g/mol. The summed E-state index contributed by atoms with van der Waals surface area (Å²) in [6, 6.07) is 15.9. The summed E-state index contributed by atoms with van der Waals surface area (Å²) in [7, 11) is 0. The van der Waals surface area contributed by atoms with E-state index in [0.717, 1.165) is 22.3 Å².